The molecule has 0 nitrogen and oxygen atoms in total. The summed E-state index contributed by atoms with van der Waals surface area (Å²) < 4.78 is 0. The van der Waals surface area contributed by atoms with Crippen molar-refractivity contribution >= 4 is 45.2 Å². The van der Waals surface area contributed by atoms with Gasteiger partial charge in [-0.15, -0.1) is 11.3 Å². The second-order valence-corrected chi connectivity index (χ2v) is 13.0. The summed E-state index contributed by atoms with van der Waals surface area (Å²) >= 11 is 1.89. The molecule has 4 aromatic rings. The molecule has 1 unspecified atom stereocenters. The van der Waals surface area contributed by atoms with E-state index in [9.17, 15) is 0 Å². The van der Waals surface area contributed by atoms with Crippen molar-refractivity contribution in [2.24, 2.45) is 0 Å². The molecule has 1 atom stereocenters. The van der Waals surface area contributed by atoms with Crippen LogP contribution in [0.25, 0.3) is 0 Å². The number of benzene rings is 3. The largest absolute Gasteiger partial charge is 0.149 e. The van der Waals surface area contributed by atoms with Crippen molar-refractivity contribution in [3.05, 3.63) is 113 Å². The number of thiophene rings is 1. The van der Waals surface area contributed by atoms with Gasteiger partial charge in [0.25, 0.3) is 0 Å². The molecule has 143 valence electrons. The van der Waals surface area contributed by atoms with Gasteiger partial charge >= 0.3 is 0 Å². The summed E-state index contributed by atoms with van der Waals surface area (Å²) in [6, 6.07) is 38.1. The van der Waals surface area contributed by atoms with E-state index in [0.717, 1.165) is 9.52 Å². The minimum absolute atomic E-state index is 0.701. The lowest BCUT2D eigenvalue weighted by atomic mass is 10.2. The van der Waals surface area contributed by atoms with Gasteiger partial charge in [-0.2, -0.15) is 0 Å². The lowest BCUT2D eigenvalue weighted by Gasteiger charge is -2.26. The topological polar surface area (TPSA) is 0 Å². The lowest BCUT2D eigenvalue weighted by molar-refractivity contribution is 0.774. The van der Waals surface area contributed by atoms with Crippen molar-refractivity contribution < 1.29 is 0 Å². The Labute approximate surface area is 182 Å². The van der Waals surface area contributed by atoms with Crippen LogP contribution in [0, 0.1) is 0 Å². The second kappa shape index (κ2) is 10.5. The first-order valence-electron chi connectivity index (χ1n) is 10.2. The predicted molar refractivity (Wildman–Crippen MR) is 131 cm³/mol. The molecule has 0 bridgehead atoms. The van der Waals surface area contributed by atoms with Gasteiger partial charge in [0, 0.05) is 4.88 Å². The van der Waals surface area contributed by atoms with Crippen molar-refractivity contribution in [3.8, 4) is 0 Å². The third kappa shape index (κ3) is 5.66. The Hall–Kier alpha value is -2.21. The first kappa shape index (κ1) is 20.1. The standard InChI is InChI=1S/C26H25SSi2/c1-4-14-23(15-5-1)28-26(20-10-12-22-13-11-21-27-22)29(24-16-6-2-7-17-24)25-18-8-3-9-19-25/h1-9,11,13-19,21,26H,10,12,20H2. The average molecular weight is 426 g/mol. The molecule has 0 spiro atoms. The smallest absolute Gasteiger partial charge is 0.121 e. The Bertz CT molecular complexity index is 914. The van der Waals surface area contributed by atoms with Crippen LogP contribution in [0.2, 0.25) is 5.16 Å². The van der Waals surface area contributed by atoms with Crippen LogP contribution in [0.4, 0.5) is 0 Å². The molecule has 3 heteroatoms. The number of hydrogen-bond acceptors (Lipinski definition) is 1. The predicted octanol–water partition coefficient (Wildman–Crippen LogP) is 4.74. The van der Waals surface area contributed by atoms with E-state index < -0.39 is 8.80 Å². The zero-order chi connectivity index (χ0) is 19.7. The first-order valence-corrected chi connectivity index (χ1v) is 13.8. The van der Waals surface area contributed by atoms with E-state index in [-0.39, 0.29) is 0 Å². The maximum Gasteiger partial charge on any atom is 0.121 e. The van der Waals surface area contributed by atoms with Crippen molar-refractivity contribution in [1.29, 1.82) is 0 Å². The molecule has 29 heavy (non-hydrogen) atoms. The fraction of sp³-hybridized carbons (Fsp3) is 0.154. The Kier molecular flexibility index (Phi) is 7.30. The minimum Gasteiger partial charge on any atom is -0.149 e. The Morgan fingerprint density at radius 3 is 1.83 bits per heavy atom. The maximum absolute atomic E-state index is 2.35. The van der Waals surface area contributed by atoms with Crippen LogP contribution in [-0.2, 0) is 6.42 Å². The molecule has 1 aromatic heterocycles. The van der Waals surface area contributed by atoms with Gasteiger partial charge in [0.2, 0.25) is 0 Å². The molecule has 0 amide bonds. The maximum atomic E-state index is 2.35. The van der Waals surface area contributed by atoms with E-state index in [1.54, 1.807) is 0 Å². The van der Waals surface area contributed by atoms with Crippen LogP contribution >= 0.6 is 11.3 Å². The van der Waals surface area contributed by atoms with Crippen molar-refractivity contribution in [3.63, 3.8) is 0 Å². The second-order valence-electron chi connectivity index (χ2n) is 7.18. The molecule has 3 radical (unpaired) electrons. The van der Waals surface area contributed by atoms with Gasteiger partial charge in [0.1, 0.15) is 8.80 Å². The molecule has 0 saturated heterocycles. The van der Waals surface area contributed by atoms with E-state index in [4.69, 9.17) is 0 Å². The summed E-state index contributed by atoms with van der Waals surface area (Å²) in [6.07, 6.45) is 3.74. The van der Waals surface area contributed by atoms with Crippen LogP contribution in [0.1, 0.15) is 17.7 Å². The fourth-order valence-electron chi connectivity index (χ4n) is 3.76. The summed E-state index contributed by atoms with van der Waals surface area (Å²) in [5.74, 6) is 0. The van der Waals surface area contributed by atoms with Crippen LogP contribution in [0.15, 0.2) is 109 Å². The van der Waals surface area contributed by atoms with Crippen molar-refractivity contribution in [2.45, 2.75) is 24.4 Å². The summed E-state index contributed by atoms with van der Waals surface area (Å²) in [4.78, 5) is 1.51. The van der Waals surface area contributed by atoms with Crippen LogP contribution in [-0.4, -0.2) is 18.3 Å². The minimum atomic E-state index is -0.861. The molecule has 0 aliphatic heterocycles. The van der Waals surface area contributed by atoms with Crippen molar-refractivity contribution in [2.75, 3.05) is 0 Å². The summed E-state index contributed by atoms with van der Waals surface area (Å²) in [5.41, 5.74) is 0. The van der Waals surface area contributed by atoms with Gasteiger partial charge in [-0.3, -0.25) is 0 Å². The molecular formula is C26H25SSi2. The zero-order valence-corrected chi connectivity index (χ0v) is 19.3. The Morgan fingerprint density at radius 2 is 1.28 bits per heavy atom. The average Bonchev–Trinajstić information content (AvgIpc) is 3.30. The molecule has 4 rings (SSSR count). The number of rotatable bonds is 9. The molecule has 0 aliphatic rings. The molecule has 3 aromatic carbocycles. The quantitative estimate of drug-likeness (QED) is 0.340. The van der Waals surface area contributed by atoms with E-state index in [1.807, 2.05) is 11.3 Å². The van der Waals surface area contributed by atoms with Crippen molar-refractivity contribution in [1.82, 2.24) is 0 Å². The number of hydrogen-bond donors (Lipinski definition) is 0. The fourth-order valence-corrected chi connectivity index (χ4v) is 10.5. The SMILES string of the molecule is c1ccc([Si]C(CCCc2cccs2)[Si](c2ccccc2)c2ccccc2)cc1. The summed E-state index contributed by atoms with van der Waals surface area (Å²) in [6.45, 7) is 0. The molecule has 0 N–H and O–H groups in total. The van der Waals surface area contributed by atoms with E-state index in [1.165, 1.54) is 39.7 Å². The zero-order valence-electron chi connectivity index (χ0n) is 16.5. The first-order chi connectivity index (χ1) is 14.4. The third-order valence-electron chi connectivity index (χ3n) is 5.13. The highest BCUT2D eigenvalue weighted by Gasteiger charge is 2.27. The molecule has 0 saturated carbocycles. The van der Waals surface area contributed by atoms with Gasteiger partial charge in [-0.25, -0.2) is 0 Å². The van der Waals surface area contributed by atoms with E-state index in [2.05, 4.69) is 109 Å². The van der Waals surface area contributed by atoms with E-state index >= 15 is 0 Å². The highest BCUT2D eigenvalue weighted by atomic mass is 32.1. The molecule has 1 heterocycles. The van der Waals surface area contributed by atoms with Gasteiger partial charge in [-0.05, 0) is 29.5 Å². The molecular weight excluding hydrogens is 401 g/mol. The summed E-state index contributed by atoms with van der Waals surface area (Å²) in [5, 5.41) is 7.46. The molecule has 0 fully saturated rings. The van der Waals surface area contributed by atoms with E-state index in [0.29, 0.717) is 5.16 Å². The highest BCUT2D eigenvalue weighted by Crippen LogP contribution is 2.21. The Balaban J connectivity index is 1.63. The van der Waals surface area contributed by atoms with Crippen LogP contribution in [0.3, 0.4) is 0 Å². The third-order valence-corrected chi connectivity index (χ3v) is 11.6. The van der Waals surface area contributed by atoms with Gasteiger partial charge in [0.05, 0.1) is 9.52 Å². The lowest BCUT2D eigenvalue weighted by Crippen LogP contribution is -2.49. The monoisotopic (exact) mass is 425 g/mol. The summed E-state index contributed by atoms with van der Waals surface area (Å²) in [7, 11) is -0.00986. The number of aryl methyl sites for hydroxylation is 1. The Morgan fingerprint density at radius 1 is 0.690 bits per heavy atom. The molecule has 0 aliphatic carbocycles. The van der Waals surface area contributed by atoms with Crippen LogP contribution < -0.4 is 15.6 Å². The normalized spacial score (nSPS) is 12.2. The van der Waals surface area contributed by atoms with Crippen LogP contribution in [0.5, 0.6) is 0 Å². The van der Waals surface area contributed by atoms with Gasteiger partial charge < -0.3 is 0 Å². The highest BCUT2D eigenvalue weighted by molar-refractivity contribution is 7.09. The van der Waals surface area contributed by atoms with Gasteiger partial charge in [-0.1, -0.05) is 119 Å². The van der Waals surface area contributed by atoms with Gasteiger partial charge in [0.15, 0.2) is 0 Å².